The Bertz CT molecular complexity index is 563. The summed E-state index contributed by atoms with van der Waals surface area (Å²) >= 11 is 0. The number of tetrazole rings is 1. The highest BCUT2D eigenvalue weighted by Gasteiger charge is 2.15. The molecule has 0 fully saturated rings. The van der Waals surface area contributed by atoms with E-state index in [1.54, 1.807) is 23.7 Å². The zero-order valence-corrected chi connectivity index (χ0v) is 10.7. The van der Waals surface area contributed by atoms with Crippen LogP contribution in [-0.2, 0) is 13.6 Å². The monoisotopic (exact) mass is 245 g/mol. The van der Waals surface area contributed by atoms with Crippen molar-refractivity contribution in [3.63, 3.8) is 0 Å². The maximum atomic E-state index is 12.3. The van der Waals surface area contributed by atoms with Gasteiger partial charge in [0, 0.05) is 19.7 Å². The van der Waals surface area contributed by atoms with Crippen LogP contribution >= 0.6 is 0 Å². The zero-order valence-electron chi connectivity index (χ0n) is 10.7. The molecule has 2 rings (SSSR count). The summed E-state index contributed by atoms with van der Waals surface area (Å²) in [6, 6.07) is 7.52. The minimum Gasteiger partial charge on any atom is -0.334 e. The second-order valence-corrected chi connectivity index (χ2v) is 4.19. The van der Waals surface area contributed by atoms with E-state index in [0.29, 0.717) is 17.9 Å². The Kier molecular flexibility index (Phi) is 3.36. The van der Waals surface area contributed by atoms with E-state index in [0.717, 1.165) is 5.56 Å². The Hall–Kier alpha value is -2.24. The molecule has 6 nitrogen and oxygen atoms in total. The summed E-state index contributed by atoms with van der Waals surface area (Å²) in [5, 5.41) is 11.1. The first kappa shape index (κ1) is 12.2. The van der Waals surface area contributed by atoms with Crippen LogP contribution in [0.5, 0.6) is 0 Å². The third kappa shape index (κ3) is 2.37. The van der Waals surface area contributed by atoms with Crippen molar-refractivity contribution in [1.82, 2.24) is 25.1 Å². The van der Waals surface area contributed by atoms with Gasteiger partial charge in [0.1, 0.15) is 0 Å². The number of hydrogen-bond acceptors (Lipinski definition) is 4. The molecule has 18 heavy (non-hydrogen) atoms. The molecule has 0 saturated heterocycles. The normalized spacial score (nSPS) is 10.4. The van der Waals surface area contributed by atoms with Gasteiger partial charge in [-0.1, -0.05) is 18.2 Å². The molecule has 1 aromatic carbocycles. The topological polar surface area (TPSA) is 63.9 Å². The van der Waals surface area contributed by atoms with Crippen LogP contribution in [0.1, 0.15) is 21.7 Å². The minimum atomic E-state index is -0.0314. The molecule has 0 aliphatic carbocycles. The van der Waals surface area contributed by atoms with Crippen LogP contribution in [0.15, 0.2) is 24.3 Å². The molecule has 0 unspecified atom stereocenters. The molecule has 0 spiro atoms. The number of benzene rings is 1. The van der Waals surface area contributed by atoms with E-state index in [2.05, 4.69) is 15.5 Å². The number of aromatic nitrogens is 4. The average molecular weight is 245 g/mol. The van der Waals surface area contributed by atoms with Gasteiger partial charge in [-0.3, -0.25) is 4.79 Å². The summed E-state index contributed by atoms with van der Waals surface area (Å²) in [6.07, 6.45) is 0. The second kappa shape index (κ2) is 4.95. The van der Waals surface area contributed by atoms with Crippen LogP contribution in [0.4, 0.5) is 0 Å². The van der Waals surface area contributed by atoms with Crippen molar-refractivity contribution in [2.45, 2.75) is 13.5 Å². The number of amides is 1. The van der Waals surface area contributed by atoms with Gasteiger partial charge in [-0.2, -0.15) is 0 Å². The standard InChI is InChI=1S/C12H15N5O/c1-9-6-4-5-7-10(9)12(18)16(2)8-11-13-14-15-17(11)3/h4-7H,8H2,1-3H3. The predicted octanol–water partition coefficient (Wildman–Crippen LogP) is 0.791. The molecule has 0 aliphatic rings. The van der Waals surface area contributed by atoms with Gasteiger partial charge < -0.3 is 4.90 Å². The molecule has 1 amide bonds. The number of rotatable bonds is 3. The smallest absolute Gasteiger partial charge is 0.254 e. The summed E-state index contributed by atoms with van der Waals surface area (Å²) in [7, 11) is 3.49. The molecule has 0 N–H and O–H groups in total. The second-order valence-electron chi connectivity index (χ2n) is 4.19. The van der Waals surface area contributed by atoms with Crippen molar-refractivity contribution >= 4 is 5.91 Å². The fourth-order valence-corrected chi connectivity index (χ4v) is 1.68. The fourth-order valence-electron chi connectivity index (χ4n) is 1.68. The molecule has 0 bridgehead atoms. The van der Waals surface area contributed by atoms with E-state index < -0.39 is 0 Å². The summed E-state index contributed by atoms with van der Waals surface area (Å²) < 4.78 is 1.56. The number of nitrogens with zero attached hydrogens (tertiary/aromatic N) is 5. The first-order valence-corrected chi connectivity index (χ1v) is 5.62. The van der Waals surface area contributed by atoms with Crippen molar-refractivity contribution in [3.8, 4) is 0 Å². The van der Waals surface area contributed by atoms with E-state index in [1.165, 1.54) is 0 Å². The van der Waals surface area contributed by atoms with Crippen molar-refractivity contribution in [3.05, 3.63) is 41.2 Å². The number of carbonyl (C=O) groups excluding carboxylic acids is 1. The highest BCUT2D eigenvalue weighted by atomic mass is 16.2. The van der Waals surface area contributed by atoms with Crippen LogP contribution in [0.25, 0.3) is 0 Å². The summed E-state index contributed by atoms with van der Waals surface area (Å²) in [4.78, 5) is 13.9. The maximum Gasteiger partial charge on any atom is 0.254 e. The van der Waals surface area contributed by atoms with E-state index >= 15 is 0 Å². The Balaban J connectivity index is 2.15. The predicted molar refractivity (Wildman–Crippen MR) is 65.8 cm³/mol. The van der Waals surface area contributed by atoms with Gasteiger partial charge in [-0.15, -0.1) is 5.10 Å². The van der Waals surface area contributed by atoms with Gasteiger partial charge in [0.2, 0.25) is 0 Å². The minimum absolute atomic E-state index is 0.0314. The Labute approximate surface area is 105 Å². The van der Waals surface area contributed by atoms with Gasteiger partial charge in [-0.25, -0.2) is 4.68 Å². The lowest BCUT2D eigenvalue weighted by atomic mass is 10.1. The molecule has 0 radical (unpaired) electrons. The quantitative estimate of drug-likeness (QED) is 0.802. The van der Waals surface area contributed by atoms with Crippen molar-refractivity contribution < 1.29 is 4.79 Å². The zero-order chi connectivity index (χ0) is 13.1. The molecular formula is C12H15N5O. The Morgan fingerprint density at radius 2 is 2.11 bits per heavy atom. The molecule has 0 atom stereocenters. The van der Waals surface area contributed by atoms with E-state index in [1.807, 2.05) is 31.2 Å². The van der Waals surface area contributed by atoms with Gasteiger partial charge in [-0.05, 0) is 29.0 Å². The molecule has 6 heteroatoms. The first-order valence-electron chi connectivity index (χ1n) is 5.62. The third-order valence-corrected chi connectivity index (χ3v) is 2.81. The number of carbonyl (C=O) groups is 1. The van der Waals surface area contributed by atoms with Gasteiger partial charge in [0.25, 0.3) is 5.91 Å². The SMILES string of the molecule is Cc1ccccc1C(=O)N(C)Cc1nnnn1C. The summed E-state index contributed by atoms with van der Waals surface area (Å²) in [6.45, 7) is 2.31. The van der Waals surface area contributed by atoms with Gasteiger partial charge >= 0.3 is 0 Å². The number of aryl methyl sites for hydroxylation is 2. The summed E-state index contributed by atoms with van der Waals surface area (Å²) in [5.41, 5.74) is 1.67. The van der Waals surface area contributed by atoms with Gasteiger partial charge in [0.05, 0.1) is 6.54 Å². The lowest BCUT2D eigenvalue weighted by Gasteiger charge is -2.17. The van der Waals surface area contributed by atoms with Crippen LogP contribution in [0.3, 0.4) is 0 Å². The van der Waals surface area contributed by atoms with Crippen molar-refractivity contribution in [2.75, 3.05) is 7.05 Å². The average Bonchev–Trinajstić information content (AvgIpc) is 2.75. The van der Waals surface area contributed by atoms with Crippen LogP contribution in [0.2, 0.25) is 0 Å². The lowest BCUT2D eigenvalue weighted by Crippen LogP contribution is -2.28. The summed E-state index contributed by atoms with van der Waals surface area (Å²) in [5.74, 6) is 0.621. The van der Waals surface area contributed by atoms with Gasteiger partial charge in [0.15, 0.2) is 5.82 Å². The van der Waals surface area contributed by atoms with E-state index in [4.69, 9.17) is 0 Å². The molecular weight excluding hydrogens is 230 g/mol. The number of hydrogen-bond donors (Lipinski definition) is 0. The van der Waals surface area contributed by atoms with E-state index in [-0.39, 0.29) is 5.91 Å². The third-order valence-electron chi connectivity index (χ3n) is 2.81. The highest BCUT2D eigenvalue weighted by Crippen LogP contribution is 2.10. The fraction of sp³-hybridized carbons (Fsp3) is 0.333. The largest absolute Gasteiger partial charge is 0.334 e. The van der Waals surface area contributed by atoms with Crippen LogP contribution in [0, 0.1) is 6.92 Å². The van der Waals surface area contributed by atoms with Crippen molar-refractivity contribution in [2.24, 2.45) is 7.05 Å². The van der Waals surface area contributed by atoms with Crippen molar-refractivity contribution in [1.29, 1.82) is 0 Å². The highest BCUT2D eigenvalue weighted by molar-refractivity contribution is 5.95. The molecule has 2 aromatic rings. The molecule has 0 saturated carbocycles. The lowest BCUT2D eigenvalue weighted by molar-refractivity contribution is 0.0779. The first-order chi connectivity index (χ1) is 8.59. The molecule has 1 aromatic heterocycles. The molecule has 94 valence electrons. The Morgan fingerprint density at radius 1 is 1.39 bits per heavy atom. The maximum absolute atomic E-state index is 12.3. The van der Waals surface area contributed by atoms with E-state index in [9.17, 15) is 4.79 Å². The molecule has 1 heterocycles. The molecule has 0 aliphatic heterocycles. The van der Waals surface area contributed by atoms with Crippen LogP contribution in [-0.4, -0.2) is 38.1 Å². The Morgan fingerprint density at radius 3 is 2.72 bits per heavy atom. The van der Waals surface area contributed by atoms with Crippen LogP contribution < -0.4 is 0 Å².